The molecule has 3 aromatic rings. The van der Waals surface area contributed by atoms with Crippen LogP contribution in [-0.2, 0) is 22.7 Å². The molecule has 0 spiro atoms. The van der Waals surface area contributed by atoms with Gasteiger partial charge in [0.05, 0.1) is 0 Å². The maximum atomic E-state index is 12.9. The number of aryl methyl sites for hydroxylation is 1. The molecule has 124 valence electrons. The van der Waals surface area contributed by atoms with E-state index in [0.717, 1.165) is 4.68 Å². The number of hydrogen-bond donors (Lipinski definition) is 0. The Morgan fingerprint density at radius 1 is 1.33 bits per heavy atom. The van der Waals surface area contributed by atoms with Gasteiger partial charge in [-0.05, 0) is 31.2 Å². The minimum Gasteiger partial charge on any atom is -0.458 e. The first kappa shape index (κ1) is 15.7. The number of benzene rings is 1. The monoisotopic (exact) mass is 333 g/mol. The van der Waals surface area contributed by atoms with Crippen LogP contribution >= 0.6 is 0 Å². The molecule has 0 unspecified atom stereocenters. The van der Waals surface area contributed by atoms with E-state index < -0.39 is 24.1 Å². The Morgan fingerprint density at radius 2 is 2.08 bits per heavy atom. The zero-order chi connectivity index (χ0) is 17.1. The molecule has 0 saturated heterocycles. The molecule has 0 amide bonds. The van der Waals surface area contributed by atoms with Gasteiger partial charge in [0.15, 0.2) is 0 Å². The molecule has 9 heteroatoms. The minimum absolute atomic E-state index is 0.0140. The summed E-state index contributed by atoms with van der Waals surface area (Å²) in [4.78, 5) is 23.5. The number of esters is 1. The molecular formula is C15H12FN3O5. The van der Waals surface area contributed by atoms with Crippen molar-refractivity contribution in [2.24, 2.45) is 0 Å². The van der Waals surface area contributed by atoms with E-state index in [4.69, 9.17) is 13.7 Å². The summed E-state index contributed by atoms with van der Waals surface area (Å²) in [5, 5.41) is 7.57. The highest BCUT2D eigenvalue weighted by molar-refractivity contribution is 5.69. The van der Waals surface area contributed by atoms with E-state index in [9.17, 15) is 14.0 Å². The Hall–Kier alpha value is -3.23. The van der Waals surface area contributed by atoms with E-state index in [0.29, 0.717) is 17.0 Å². The summed E-state index contributed by atoms with van der Waals surface area (Å²) < 4.78 is 28.5. The van der Waals surface area contributed by atoms with Crippen LogP contribution in [0.15, 0.2) is 44.1 Å². The van der Waals surface area contributed by atoms with Crippen molar-refractivity contribution in [3.05, 3.63) is 58.2 Å². The van der Waals surface area contributed by atoms with Gasteiger partial charge in [-0.3, -0.25) is 4.79 Å². The Kier molecular flexibility index (Phi) is 4.23. The first-order chi connectivity index (χ1) is 11.5. The quantitative estimate of drug-likeness (QED) is 0.655. The number of rotatable bonds is 5. The van der Waals surface area contributed by atoms with Gasteiger partial charge >= 0.3 is 11.7 Å². The second kappa shape index (κ2) is 6.49. The average molecular weight is 333 g/mol. The minimum atomic E-state index is -0.816. The van der Waals surface area contributed by atoms with Gasteiger partial charge in [0.2, 0.25) is 5.89 Å². The Balaban J connectivity index is 1.65. The number of nitrogens with zero attached hydrogens (tertiary/aromatic N) is 3. The second-order valence-electron chi connectivity index (χ2n) is 4.93. The highest BCUT2D eigenvalue weighted by Gasteiger charge is 2.14. The Labute approximate surface area is 134 Å². The predicted molar refractivity (Wildman–Crippen MR) is 77.2 cm³/mol. The molecule has 8 nitrogen and oxygen atoms in total. The molecule has 0 atom stereocenters. The third-order valence-corrected chi connectivity index (χ3v) is 3.03. The highest BCUT2D eigenvalue weighted by Crippen LogP contribution is 2.15. The van der Waals surface area contributed by atoms with Crippen LogP contribution in [0.5, 0.6) is 0 Å². The molecule has 3 rings (SSSR count). The molecule has 0 N–H and O–H groups in total. The normalized spacial score (nSPS) is 10.8. The van der Waals surface area contributed by atoms with Crippen molar-refractivity contribution >= 4 is 5.97 Å². The van der Waals surface area contributed by atoms with Gasteiger partial charge in [-0.1, -0.05) is 5.16 Å². The number of carbonyl (C=O) groups is 1. The van der Waals surface area contributed by atoms with E-state index in [1.807, 2.05) is 0 Å². The zero-order valence-corrected chi connectivity index (χ0v) is 12.6. The first-order valence-corrected chi connectivity index (χ1v) is 6.93. The largest absolute Gasteiger partial charge is 0.458 e. The average Bonchev–Trinajstić information content (AvgIpc) is 3.12. The van der Waals surface area contributed by atoms with Crippen LogP contribution in [0, 0.1) is 12.7 Å². The number of ether oxygens (including phenoxy) is 1. The lowest BCUT2D eigenvalue weighted by Gasteiger charge is -2.00. The van der Waals surface area contributed by atoms with Gasteiger partial charge < -0.3 is 13.7 Å². The number of carbonyl (C=O) groups excluding carboxylic acids is 1. The van der Waals surface area contributed by atoms with E-state index in [1.54, 1.807) is 13.0 Å². The first-order valence-electron chi connectivity index (χ1n) is 6.93. The van der Waals surface area contributed by atoms with Gasteiger partial charge in [-0.25, -0.2) is 9.18 Å². The SMILES string of the molecule is Cc1cc(COC(=O)Cn2nc(-c3ccc(F)cc3)oc2=O)no1. The van der Waals surface area contributed by atoms with Crippen molar-refractivity contribution in [2.45, 2.75) is 20.1 Å². The molecule has 0 aliphatic heterocycles. The van der Waals surface area contributed by atoms with Crippen LogP contribution in [0.4, 0.5) is 4.39 Å². The fraction of sp³-hybridized carbons (Fsp3) is 0.200. The van der Waals surface area contributed by atoms with Gasteiger partial charge in [0.25, 0.3) is 0 Å². The van der Waals surface area contributed by atoms with Crippen LogP contribution in [0.2, 0.25) is 0 Å². The zero-order valence-electron chi connectivity index (χ0n) is 12.6. The molecule has 1 aromatic carbocycles. The summed E-state index contributed by atoms with van der Waals surface area (Å²) in [5.41, 5.74) is 0.874. The third kappa shape index (κ3) is 3.57. The topological polar surface area (TPSA) is 100 Å². The predicted octanol–water partition coefficient (Wildman–Crippen LogP) is 1.68. The molecule has 0 aliphatic carbocycles. The van der Waals surface area contributed by atoms with Crippen molar-refractivity contribution in [3.8, 4) is 11.5 Å². The molecule has 2 heterocycles. The van der Waals surface area contributed by atoms with Crippen molar-refractivity contribution in [1.29, 1.82) is 0 Å². The molecule has 2 aromatic heterocycles. The van der Waals surface area contributed by atoms with E-state index in [-0.39, 0.29) is 12.5 Å². The Bertz CT molecular complexity index is 910. The number of halogens is 1. The van der Waals surface area contributed by atoms with Crippen LogP contribution in [0.1, 0.15) is 11.5 Å². The van der Waals surface area contributed by atoms with Gasteiger partial charge in [-0.15, -0.1) is 5.10 Å². The molecule has 0 fully saturated rings. The maximum Gasteiger partial charge on any atom is 0.437 e. The summed E-state index contributed by atoms with van der Waals surface area (Å²) in [7, 11) is 0. The lowest BCUT2D eigenvalue weighted by Crippen LogP contribution is -2.23. The summed E-state index contributed by atoms with van der Waals surface area (Å²) in [5.74, 6) is -1.34. The van der Waals surface area contributed by atoms with Crippen molar-refractivity contribution in [1.82, 2.24) is 14.9 Å². The molecule has 24 heavy (non-hydrogen) atoms. The van der Waals surface area contributed by atoms with Gasteiger partial charge in [-0.2, -0.15) is 4.68 Å². The van der Waals surface area contributed by atoms with Crippen molar-refractivity contribution in [3.63, 3.8) is 0 Å². The van der Waals surface area contributed by atoms with E-state index in [1.165, 1.54) is 24.3 Å². The summed E-state index contributed by atoms with van der Waals surface area (Å²) >= 11 is 0. The lowest BCUT2D eigenvalue weighted by atomic mass is 10.2. The second-order valence-corrected chi connectivity index (χ2v) is 4.93. The Morgan fingerprint density at radius 3 is 2.75 bits per heavy atom. The molecule has 0 aliphatic rings. The van der Waals surface area contributed by atoms with E-state index >= 15 is 0 Å². The standard InChI is InChI=1S/C15H12FN3O5/c1-9-6-12(18-24-9)8-22-13(20)7-19-15(21)23-14(17-19)10-2-4-11(16)5-3-10/h2-6H,7-8H2,1H3. The van der Waals surface area contributed by atoms with Crippen molar-refractivity contribution < 1.29 is 22.9 Å². The highest BCUT2D eigenvalue weighted by atomic mass is 19.1. The van der Waals surface area contributed by atoms with Crippen LogP contribution < -0.4 is 5.76 Å². The van der Waals surface area contributed by atoms with E-state index in [2.05, 4.69) is 10.3 Å². The fourth-order valence-corrected chi connectivity index (χ4v) is 1.92. The summed E-state index contributed by atoms with van der Waals surface area (Å²) in [6.07, 6.45) is 0. The fourth-order valence-electron chi connectivity index (χ4n) is 1.92. The smallest absolute Gasteiger partial charge is 0.437 e. The van der Waals surface area contributed by atoms with Gasteiger partial charge in [0, 0.05) is 11.6 Å². The summed E-state index contributed by atoms with van der Waals surface area (Å²) in [6, 6.07) is 6.87. The van der Waals surface area contributed by atoms with Gasteiger partial charge in [0.1, 0.15) is 30.4 Å². The number of aromatic nitrogens is 3. The summed E-state index contributed by atoms with van der Waals surface area (Å²) in [6.45, 7) is 1.22. The van der Waals surface area contributed by atoms with Crippen molar-refractivity contribution in [2.75, 3.05) is 0 Å². The lowest BCUT2D eigenvalue weighted by molar-refractivity contribution is -0.146. The molecular weight excluding hydrogens is 321 g/mol. The molecule has 0 radical (unpaired) electrons. The van der Waals surface area contributed by atoms with Crippen LogP contribution in [0.25, 0.3) is 11.5 Å². The van der Waals surface area contributed by atoms with Crippen LogP contribution in [0.3, 0.4) is 0 Å². The third-order valence-electron chi connectivity index (χ3n) is 3.03. The molecule has 0 saturated carbocycles. The van der Waals surface area contributed by atoms with Crippen LogP contribution in [-0.4, -0.2) is 20.9 Å². The number of hydrogen-bond acceptors (Lipinski definition) is 7. The molecule has 0 bridgehead atoms. The maximum absolute atomic E-state index is 12.9.